The Bertz CT molecular complexity index is 410. The van der Waals surface area contributed by atoms with Crippen molar-refractivity contribution < 1.29 is 9.53 Å². The van der Waals surface area contributed by atoms with E-state index in [4.69, 9.17) is 4.74 Å². The molecule has 100 valence electrons. The number of hydrogen-bond acceptors (Lipinski definition) is 2. The fourth-order valence-corrected chi connectivity index (χ4v) is 2.31. The highest BCUT2D eigenvalue weighted by atomic mass is 79.9. The number of nitrogens with one attached hydrogen (secondary N) is 1. The zero-order valence-corrected chi connectivity index (χ0v) is 13.7. The van der Waals surface area contributed by atoms with E-state index < -0.39 is 0 Å². The SMILES string of the molecule is COCC(Br)CCNC(=O)c1ccc(C)c(Br)c1. The maximum atomic E-state index is 11.9. The molecule has 0 spiro atoms. The monoisotopic (exact) mass is 377 g/mol. The second-order valence-electron chi connectivity index (χ2n) is 4.06. The Morgan fingerprint density at radius 2 is 2.22 bits per heavy atom. The van der Waals surface area contributed by atoms with Crippen LogP contribution in [0.2, 0.25) is 0 Å². The van der Waals surface area contributed by atoms with Gasteiger partial charge in [-0.3, -0.25) is 4.79 Å². The van der Waals surface area contributed by atoms with Gasteiger partial charge < -0.3 is 10.1 Å². The van der Waals surface area contributed by atoms with Crippen LogP contribution in [-0.2, 0) is 4.74 Å². The van der Waals surface area contributed by atoms with Crippen LogP contribution >= 0.6 is 31.9 Å². The van der Waals surface area contributed by atoms with Crippen LogP contribution in [0.3, 0.4) is 0 Å². The summed E-state index contributed by atoms with van der Waals surface area (Å²) in [6, 6.07) is 5.60. The molecule has 0 aromatic heterocycles. The van der Waals surface area contributed by atoms with E-state index >= 15 is 0 Å². The minimum absolute atomic E-state index is 0.0483. The Balaban J connectivity index is 2.43. The van der Waals surface area contributed by atoms with Gasteiger partial charge in [-0.2, -0.15) is 0 Å². The van der Waals surface area contributed by atoms with Crippen molar-refractivity contribution in [2.45, 2.75) is 18.2 Å². The maximum Gasteiger partial charge on any atom is 0.251 e. The fourth-order valence-electron chi connectivity index (χ4n) is 1.44. The topological polar surface area (TPSA) is 38.3 Å². The van der Waals surface area contributed by atoms with Crippen LogP contribution in [0.4, 0.5) is 0 Å². The molecule has 1 aromatic rings. The molecule has 0 bridgehead atoms. The first kappa shape index (κ1) is 15.7. The number of alkyl halides is 1. The van der Waals surface area contributed by atoms with Gasteiger partial charge in [0.15, 0.2) is 0 Å². The number of carbonyl (C=O) groups excluding carboxylic acids is 1. The Morgan fingerprint density at radius 3 is 2.83 bits per heavy atom. The van der Waals surface area contributed by atoms with Crippen molar-refractivity contribution in [3.8, 4) is 0 Å². The summed E-state index contributed by atoms with van der Waals surface area (Å²) in [5.41, 5.74) is 1.79. The molecule has 0 radical (unpaired) electrons. The third-order valence-corrected chi connectivity index (χ3v) is 4.10. The van der Waals surface area contributed by atoms with Crippen LogP contribution in [0, 0.1) is 6.92 Å². The summed E-state index contributed by atoms with van der Waals surface area (Å²) in [6.45, 7) is 3.27. The van der Waals surface area contributed by atoms with Crippen molar-refractivity contribution >= 4 is 37.8 Å². The molecule has 1 N–H and O–H groups in total. The summed E-state index contributed by atoms with van der Waals surface area (Å²) in [7, 11) is 1.66. The van der Waals surface area contributed by atoms with Gasteiger partial charge in [-0.25, -0.2) is 0 Å². The minimum atomic E-state index is -0.0483. The molecular weight excluding hydrogens is 362 g/mol. The summed E-state index contributed by atoms with van der Waals surface area (Å²) in [6.07, 6.45) is 0.840. The Labute approximate surface area is 125 Å². The normalized spacial score (nSPS) is 12.2. The van der Waals surface area contributed by atoms with Gasteiger partial charge in [0, 0.05) is 28.5 Å². The molecule has 0 aliphatic rings. The van der Waals surface area contributed by atoms with Crippen LogP contribution in [0.15, 0.2) is 22.7 Å². The van der Waals surface area contributed by atoms with Gasteiger partial charge >= 0.3 is 0 Å². The molecule has 0 fully saturated rings. The van der Waals surface area contributed by atoms with E-state index in [9.17, 15) is 4.79 Å². The number of amides is 1. The molecule has 18 heavy (non-hydrogen) atoms. The van der Waals surface area contributed by atoms with Gasteiger partial charge in [0.05, 0.1) is 6.61 Å². The van der Waals surface area contributed by atoms with Gasteiger partial charge in [0.2, 0.25) is 0 Å². The lowest BCUT2D eigenvalue weighted by molar-refractivity contribution is 0.0952. The first-order valence-electron chi connectivity index (χ1n) is 5.72. The molecule has 1 unspecified atom stereocenters. The molecule has 0 aliphatic heterocycles. The van der Waals surface area contributed by atoms with Gasteiger partial charge in [0.1, 0.15) is 0 Å². The van der Waals surface area contributed by atoms with Crippen molar-refractivity contribution in [2.75, 3.05) is 20.3 Å². The van der Waals surface area contributed by atoms with Crippen LogP contribution < -0.4 is 5.32 Å². The number of ether oxygens (including phenoxy) is 1. The lowest BCUT2D eigenvalue weighted by Gasteiger charge is -2.10. The van der Waals surface area contributed by atoms with Crippen LogP contribution in [0.5, 0.6) is 0 Å². The van der Waals surface area contributed by atoms with E-state index in [2.05, 4.69) is 37.2 Å². The average molecular weight is 379 g/mol. The Hall–Kier alpha value is -0.390. The number of carbonyl (C=O) groups is 1. The zero-order valence-electron chi connectivity index (χ0n) is 10.5. The third-order valence-electron chi connectivity index (χ3n) is 2.52. The molecule has 5 heteroatoms. The van der Waals surface area contributed by atoms with Crippen molar-refractivity contribution in [1.29, 1.82) is 0 Å². The smallest absolute Gasteiger partial charge is 0.251 e. The second kappa shape index (κ2) is 7.92. The van der Waals surface area contributed by atoms with Gasteiger partial charge in [-0.1, -0.05) is 37.9 Å². The van der Waals surface area contributed by atoms with Crippen LogP contribution in [-0.4, -0.2) is 31.0 Å². The molecule has 1 amide bonds. The van der Waals surface area contributed by atoms with E-state index in [1.807, 2.05) is 25.1 Å². The lowest BCUT2D eigenvalue weighted by atomic mass is 10.1. The quantitative estimate of drug-likeness (QED) is 0.771. The zero-order chi connectivity index (χ0) is 13.5. The van der Waals surface area contributed by atoms with E-state index in [-0.39, 0.29) is 10.7 Å². The number of benzene rings is 1. The molecule has 3 nitrogen and oxygen atoms in total. The number of aryl methyl sites for hydroxylation is 1. The number of methoxy groups -OCH3 is 1. The van der Waals surface area contributed by atoms with E-state index in [0.29, 0.717) is 18.7 Å². The summed E-state index contributed by atoms with van der Waals surface area (Å²) in [5.74, 6) is -0.0483. The van der Waals surface area contributed by atoms with Crippen molar-refractivity contribution in [3.05, 3.63) is 33.8 Å². The number of halogens is 2. The van der Waals surface area contributed by atoms with E-state index in [0.717, 1.165) is 16.5 Å². The lowest BCUT2D eigenvalue weighted by Crippen LogP contribution is -2.26. The van der Waals surface area contributed by atoms with Crippen molar-refractivity contribution in [1.82, 2.24) is 5.32 Å². The largest absolute Gasteiger partial charge is 0.384 e. The Morgan fingerprint density at radius 1 is 1.50 bits per heavy atom. The summed E-state index contributed by atoms with van der Waals surface area (Å²) in [4.78, 5) is 12.1. The molecular formula is C13H17Br2NO2. The number of rotatable bonds is 6. The van der Waals surface area contributed by atoms with Crippen molar-refractivity contribution in [2.24, 2.45) is 0 Å². The predicted molar refractivity (Wildman–Crippen MR) is 80.4 cm³/mol. The first-order chi connectivity index (χ1) is 8.54. The second-order valence-corrected chi connectivity index (χ2v) is 6.21. The first-order valence-corrected chi connectivity index (χ1v) is 7.43. The van der Waals surface area contributed by atoms with Crippen LogP contribution in [0.25, 0.3) is 0 Å². The summed E-state index contributed by atoms with van der Waals surface area (Å²) < 4.78 is 5.96. The van der Waals surface area contributed by atoms with Crippen molar-refractivity contribution in [3.63, 3.8) is 0 Å². The highest BCUT2D eigenvalue weighted by molar-refractivity contribution is 9.10. The molecule has 1 aromatic carbocycles. The highest BCUT2D eigenvalue weighted by Gasteiger charge is 2.08. The van der Waals surface area contributed by atoms with Crippen LogP contribution in [0.1, 0.15) is 22.3 Å². The van der Waals surface area contributed by atoms with Gasteiger partial charge in [-0.05, 0) is 31.0 Å². The minimum Gasteiger partial charge on any atom is -0.384 e. The van der Waals surface area contributed by atoms with Gasteiger partial charge in [0.25, 0.3) is 5.91 Å². The standard InChI is InChI=1S/C13H17Br2NO2/c1-9-3-4-10(7-12(9)15)13(17)16-6-5-11(14)8-18-2/h3-4,7,11H,5-6,8H2,1-2H3,(H,16,17). The highest BCUT2D eigenvalue weighted by Crippen LogP contribution is 2.17. The summed E-state index contributed by atoms with van der Waals surface area (Å²) >= 11 is 6.90. The molecule has 0 saturated carbocycles. The van der Waals surface area contributed by atoms with E-state index in [1.54, 1.807) is 7.11 Å². The Kier molecular flexibility index (Phi) is 6.89. The maximum absolute atomic E-state index is 11.9. The molecule has 0 saturated heterocycles. The molecule has 1 atom stereocenters. The molecule has 0 heterocycles. The molecule has 1 rings (SSSR count). The van der Waals surface area contributed by atoms with E-state index in [1.165, 1.54) is 0 Å². The fraction of sp³-hybridized carbons (Fsp3) is 0.462. The average Bonchev–Trinajstić information content (AvgIpc) is 2.33. The summed E-state index contributed by atoms with van der Waals surface area (Å²) in [5, 5.41) is 2.89. The number of hydrogen-bond donors (Lipinski definition) is 1. The van der Waals surface area contributed by atoms with Gasteiger partial charge in [-0.15, -0.1) is 0 Å². The predicted octanol–water partition coefficient (Wildman–Crippen LogP) is 3.29. The third kappa shape index (κ3) is 5.08. The molecule has 0 aliphatic carbocycles.